The summed E-state index contributed by atoms with van der Waals surface area (Å²) in [6, 6.07) is 7.14. The molecule has 0 radical (unpaired) electrons. The van der Waals surface area contributed by atoms with Crippen LogP contribution in [0.15, 0.2) is 24.3 Å². The van der Waals surface area contributed by atoms with Gasteiger partial charge < -0.3 is 5.73 Å². The van der Waals surface area contributed by atoms with Gasteiger partial charge in [0.2, 0.25) is 10.0 Å². The van der Waals surface area contributed by atoms with Gasteiger partial charge in [0.25, 0.3) is 0 Å². The van der Waals surface area contributed by atoms with Gasteiger partial charge in [-0.05, 0) is 24.5 Å². The molecule has 102 valence electrons. The summed E-state index contributed by atoms with van der Waals surface area (Å²) in [5.41, 5.74) is 6.98. The first-order chi connectivity index (χ1) is 8.42. The first kappa shape index (κ1) is 15.0. The maximum absolute atomic E-state index is 12.3. The van der Waals surface area contributed by atoms with Gasteiger partial charge in [-0.1, -0.05) is 32.0 Å². The van der Waals surface area contributed by atoms with Gasteiger partial charge in [-0.15, -0.1) is 0 Å². The van der Waals surface area contributed by atoms with Crippen LogP contribution in [0.1, 0.15) is 32.3 Å². The highest BCUT2D eigenvalue weighted by Gasteiger charge is 2.24. The first-order valence-corrected chi connectivity index (χ1v) is 7.82. The highest BCUT2D eigenvalue weighted by atomic mass is 32.2. The van der Waals surface area contributed by atoms with Crippen LogP contribution in [0.4, 0.5) is 5.69 Å². The SMILES string of the molecule is CCC(CC)N(C)S(=O)(=O)Cc1ccccc1N. The monoisotopic (exact) mass is 270 g/mol. The lowest BCUT2D eigenvalue weighted by molar-refractivity contribution is 0.349. The van der Waals surface area contributed by atoms with Crippen LogP contribution in [0.25, 0.3) is 0 Å². The summed E-state index contributed by atoms with van der Waals surface area (Å²) in [5.74, 6) is -0.0350. The molecule has 0 heterocycles. The minimum atomic E-state index is -3.31. The minimum absolute atomic E-state index is 0.0350. The highest BCUT2D eigenvalue weighted by Crippen LogP contribution is 2.19. The molecule has 0 bridgehead atoms. The van der Waals surface area contributed by atoms with Gasteiger partial charge in [0.1, 0.15) is 0 Å². The molecule has 0 atom stereocenters. The molecule has 4 nitrogen and oxygen atoms in total. The number of nitrogens with zero attached hydrogens (tertiary/aromatic N) is 1. The molecule has 0 unspecified atom stereocenters. The predicted molar refractivity (Wildman–Crippen MR) is 75.6 cm³/mol. The Morgan fingerprint density at radius 3 is 2.28 bits per heavy atom. The van der Waals surface area contributed by atoms with Gasteiger partial charge in [-0.25, -0.2) is 12.7 Å². The number of hydrogen-bond acceptors (Lipinski definition) is 3. The lowest BCUT2D eigenvalue weighted by atomic mass is 10.2. The number of sulfonamides is 1. The molecule has 1 aromatic rings. The molecule has 0 amide bonds. The average molecular weight is 270 g/mol. The van der Waals surface area contributed by atoms with Crippen LogP contribution in [-0.2, 0) is 15.8 Å². The van der Waals surface area contributed by atoms with Gasteiger partial charge in [0.15, 0.2) is 0 Å². The van der Waals surface area contributed by atoms with Crippen molar-refractivity contribution in [2.24, 2.45) is 0 Å². The Labute approximate surface area is 110 Å². The van der Waals surface area contributed by atoms with E-state index < -0.39 is 10.0 Å². The summed E-state index contributed by atoms with van der Waals surface area (Å²) in [4.78, 5) is 0. The van der Waals surface area contributed by atoms with Crippen LogP contribution in [0.5, 0.6) is 0 Å². The van der Waals surface area contributed by atoms with E-state index in [1.807, 2.05) is 13.8 Å². The van der Waals surface area contributed by atoms with Crippen LogP contribution in [0, 0.1) is 0 Å². The van der Waals surface area contributed by atoms with E-state index >= 15 is 0 Å². The van der Waals surface area contributed by atoms with E-state index in [0.717, 1.165) is 12.8 Å². The molecule has 0 aromatic heterocycles. The van der Waals surface area contributed by atoms with Gasteiger partial charge in [-0.2, -0.15) is 0 Å². The number of rotatable bonds is 6. The third-order valence-corrected chi connectivity index (χ3v) is 5.14. The fourth-order valence-corrected chi connectivity index (χ4v) is 3.61. The average Bonchev–Trinajstić information content (AvgIpc) is 2.33. The number of nitrogens with two attached hydrogens (primary N) is 1. The molecule has 0 saturated carbocycles. The normalized spacial score (nSPS) is 12.3. The molecule has 18 heavy (non-hydrogen) atoms. The topological polar surface area (TPSA) is 63.4 Å². The zero-order valence-electron chi connectivity index (χ0n) is 11.3. The quantitative estimate of drug-likeness (QED) is 0.806. The standard InChI is InChI=1S/C13H22N2O2S/c1-4-12(5-2)15(3)18(16,17)10-11-8-6-7-9-13(11)14/h6-9,12H,4-5,10,14H2,1-3H3. The Morgan fingerprint density at radius 2 is 1.78 bits per heavy atom. The van der Waals surface area contributed by atoms with Crippen molar-refractivity contribution in [3.63, 3.8) is 0 Å². The van der Waals surface area contributed by atoms with Crippen molar-refractivity contribution in [3.8, 4) is 0 Å². The van der Waals surface area contributed by atoms with Crippen LogP contribution in [0.3, 0.4) is 0 Å². The highest BCUT2D eigenvalue weighted by molar-refractivity contribution is 7.88. The molecule has 0 aliphatic heterocycles. The third-order valence-electron chi connectivity index (χ3n) is 3.29. The van der Waals surface area contributed by atoms with Gasteiger partial charge in [0, 0.05) is 18.8 Å². The maximum atomic E-state index is 12.3. The van der Waals surface area contributed by atoms with Crippen molar-refractivity contribution >= 4 is 15.7 Å². The smallest absolute Gasteiger partial charge is 0.218 e. The van der Waals surface area contributed by atoms with Gasteiger partial charge in [-0.3, -0.25) is 0 Å². The number of benzene rings is 1. The van der Waals surface area contributed by atoms with Crippen molar-refractivity contribution in [1.29, 1.82) is 0 Å². The fraction of sp³-hybridized carbons (Fsp3) is 0.538. The molecular formula is C13H22N2O2S. The molecule has 1 rings (SSSR count). The second-order valence-electron chi connectivity index (χ2n) is 4.44. The van der Waals surface area contributed by atoms with Crippen LogP contribution < -0.4 is 5.73 Å². The largest absolute Gasteiger partial charge is 0.398 e. The van der Waals surface area contributed by atoms with Crippen molar-refractivity contribution in [1.82, 2.24) is 4.31 Å². The van der Waals surface area contributed by atoms with E-state index in [9.17, 15) is 8.42 Å². The van der Waals surface area contributed by atoms with E-state index in [1.54, 1.807) is 31.3 Å². The lowest BCUT2D eigenvalue weighted by Crippen LogP contribution is -2.37. The summed E-state index contributed by atoms with van der Waals surface area (Å²) in [7, 11) is -1.66. The van der Waals surface area contributed by atoms with E-state index in [1.165, 1.54) is 4.31 Å². The van der Waals surface area contributed by atoms with Crippen molar-refractivity contribution in [2.45, 2.75) is 38.5 Å². The Bertz CT molecular complexity index is 482. The fourth-order valence-electron chi connectivity index (χ4n) is 1.99. The second kappa shape index (κ2) is 6.20. The number of nitrogen functional groups attached to an aromatic ring is 1. The summed E-state index contributed by atoms with van der Waals surface area (Å²) < 4.78 is 26.0. The lowest BCUT2D eigenvalue weighted by Gasteiger charge is -2.25. The Hall–Kier alpha value is -1.07. The molecule has 1 aromatic carbocycles. The van der Waals surface area contributed by atoms with Crippen LogP contribution >= 0.6 is 0 Å². The zero-order valence-corrected chi connectivity index (χ0v) is 12.1. The molecule has 0 spiro atoms. The van der Waals surface area contributed by atoms with Gasteiger partial charge in [0.05, 0.1) is 5.75 Å². The second-order valence-corrected chi connectivity index (χ2v) is 6.47. The van der Waals surface area contributed by atoms with Crippen LogP contribution in [0.2, 0.25) is 0 Å². The van der Waals surface area contributed by atoms with Crippen molar-refractivity contribution < 1.29 is 8.42 Å². The minimum Gasteiger partial charge on any atom is -0.398 e. The van der Waals surface area contributed by atoms with E-state index in [-0.39, 0.29) is 11.8 Å². The maximum Gasteiger partial charge on any atom is 0.218 e. The summed E-state index contributed by atoms with van der Waals surface area (Å²) >= 11 is 0. The van der Waals surface area contributed by atoms with E-state index in [0.29, 0.717) is 11.3 Å². The summed E-state index contributed by atoms with van der Waals surface area (Å²) in [5, 5.41) is 0. The molecule has 0 aliphatic rings. The molecule has 5 heteroatoms. The number of para-hydroxylation sites is 1. The van der Waals surface area contributed by atoms with Crippen LogP contribution in [-0.4, -0.2) is 25.8 Å². The molecular weight excluding hydrogens is 248 g/mol. The van der Waals surface area contributed by atoms with Gasteiger partial charge >= 0.3 is 0 Å². The van der Waals surface area contributed by atoms with E-state index in [2.05, 4.69) is 0 Å². The number of hydrogen-bond donors (Lipinski definition) is 1. The summed E-state index contributed by atoms with van der Waals surface area (Å²) in [6.45, 7) is 3.99. The molecule has 0 saturated heterocycles. The summed E-state index contributed by atoms with van der Waals surface area (Å²) in [6.07, 6.45) is 1.63. The van der Waals surface area contributed by atoms with Crippen molar-refractivity contribution in [3.05, 3.63) is 29.8 Å². The Morgan fingerprint density at radius 1 is 1.22 bits per heavy atom. The zero-order chi connectivity index (χ0) is 13.8. The Kier molecular flexibility index (Phi) is 5.16. The molecule has 0 aliphatic carbocycles. The Balaban J connectivity index is 2.92. The third kappa shape index (κ3) is 3.46. The first-order valence-electron chi connectivity index (χ1n) is 6.21. The van der Waals surface area contributed by atoms with E-state index in [4.69, 9.17) is 5.73 Å². The predicted octanol–water partition coefficient (Wildman–Crippen LogP) is 2.22. The van der Waals surface area contributed by atoms with Crippen molar-refractivity contribution in [2.75, 3.05) is 12.8 Å². The molecule has 2 N–H and O–H groups in total. The molecule has 0 fully saturated rings. The number of anilines is 1.